The fourth-order valence-corrected chi connectivity index (χ4v) is 1.76. The minimum Gasteiger partial charge on any atom is -0.387 e. The molecule has 0 aliphatic heterocycles. The van der Waals surface area contributed by atoms with E-state index in [4.69, 9.17) is 0 Å². The lowest BCUT2D eigenvalue weighted by molar-refractivity contribution is 0.102. The molecule has 100 valence electrons. The second-order valence-electron chi connectivity index (χ2n) is 4.15. The highest BCUT2D eigenvalue weighted by Gasteiger charge is 2.12. The fraction of sp³-hybridized carbons (Fsp3) is 0.308. The van der Waals surface area contributed by atoms with Crippen molar-refractivity contribution < 1.29 is 4.79 Å². The van der Waals surface area contributed by atoms with Gasteiger partial charge in [0.25, 0.3) is 5.91 Å². The van der Waals surface area contributed by atoms with E-state index in [1.807, 2.05) is 20.0 Å². The summed E-state index contributed by atoms with van der Waals surface area (Å²) in [4.78, 5) is 16.2. The molecule has 2 aromatic heterocycles. The number of aromatic nitrogens is 3. The number of amides is 1. The zero-order valence-corrected chi connectivity index (χ0v) is 11.3. The number of nitrogens with zero attached hydrogens (tertiary/aromatic N) is 3. The largest absolute Gasteiger partial charge is 0.387 e. The second kappa shape index (κ2) is 5.51. The minimum absolute atomic E-state index is 0.231. The van der Waals surface area contributed by atoms with Crippen LogP contribution < -0.4 is 10.6 Å². The van der Waals surface area contributed by atoms with Crippen molar-refractivity contribution in [3.05, 3.63) is 35.9 Å². The van der Waals surface area contributed by atoms with Gasteiger partial charge in [-0.05, 0) is 18.6 Å². The molecule has 0 atom stereocenters. The number of rotatable bonds is 4. The number of nitrogens with one attached hydrogen (secondary N) is 2. The van der Waals surface area contributed by atoms with Gasteiger partial charge in [0.15, 0.2) is 0 Å². The van der Waals surface area contributed by atoms with Crippen LogP contribution in [0.25, 0.3) is 0 Å². The van der Waals surface area contributed by atoms with Crippen molar-refractivity contribution >= 4 is 17.3 Å². The van der Waals surface area contributed by atoms with Gasteiger partial charge in [0.1, 0.15) is 5.69 Å². The maximum atomic E-state index is 12.1. The van der Waals surface area contributed by atoms with E-state index >= 15 is 0 Å². The van der Waals surface area contributed by atoms with Crippen LogP contribution in [0.1, 0.15) is 23.1 Å². The first kappa shape index (κ1) is 13.1. The summed E-state index contributed by atoms with van der Waals surface area (Å²) in [5.41, 5.74) is 2.84. The number of pyridine rings is 1. The Balaban J connectivity index is 2.15. The van der Waals surface area contributed by atoms with Crippen LogP contribution in [0.3, 0.4) is 0 Å². The number of aryl methyl sites for hydroxylation is 2. The van der Waals surface area contributed by atoms with E-state index in [9.17, 15) is 4.79 Å². The van der Waals surface area contributed by atoms with Crippen molar-refractivity contribution in [3.8, 4) is 0 Å². The first-order valence-corrected chi connectivity index (χ1v) is 6.11. The van der Waals surface area contributed by atoms with Crippen molar-refractivity contribution in [2.24, 2.45) is 7.05 Å². The van der Waals surface area contributed by atoms with Crippen LogP contribution in [0.2, 0.25) is 0 Å². The molecule has 0 unspecified atom stereocenters. The molecule has 0 aliphatic rings. The third kappa shape index (κ3) is 2.90. The van der Waals surface area contributed by atoms with Crippen molar-refractivity contribution in [2.45, 2.75) is 13.3 Å². The molecule has 0 saturated heterocycles. The average molecular weight is 259 g/mol. The summed E-state index contributed by atoms with van der Waals surface area (Å²) in [5, 5.41) is 10.1. The Labute approximate surface area is 111 Å². The number of carbonyl (C=O) groups is 1. The van der Waals surface area contributed by atoms with Gasteiger partial charge in [-0.25, -0.2) is 4.98 Å². The average Bonchev–Trinajstić information content (AvgIpc) is 2.78. The van der Waals surface area contributed by atoms with E-state index in [0.717, 1.165) is 23.5 Å². The molecule has 2 aromatic rings. The monoisotopic (exact) mass is 259 g/mol. The van der Waals surface area contributed by atoms with Gasteiger partial charge in [-0.15, -0.1) is 0 Å². The number of carbonyl (C=O) groups excluding carboxylic acids is 1. The van der Waals surface area contributed by atoms with Crippen LogP contribution >= 0.6 is 0 Å². The van der Waals surface area contributed by atoms with E-state index in [2.05, 4.69) is 20.7 Å². The van der Waals surface area contributed by atoms with Crippen LogP contribution in [0.4, 0.5) is 11.4 Å². The molecule has 6 heteroatoms. The molecule has 0 bridgehead atoms. The lowest BCUT2D eigenvalue weighted by Crippen LogP contribution is -2.14. The molecule has 0 radical (unpaired) electrons. The van der Waals surface area contributed by atoms with Crippen LogP contribution in [-0.4, -0.2) is 27.7 Å². The Morgan fingerprint density at radius 1 is 1.42 bits per heavy atom. The zero-order chi connectivity index (χ0) is 13.8. The molecule has 0 saturated carbocycles. The molecule has 0 fully saturated rings. The highest BCUT2D eigenvalue weighted by atomic mass is 16.1. The Morgan fingerprint density at radius 3 is 2.79 bits per heavy atom. The standard InChI is InChI=1S/C13H17N5O/c1-4-10-12(8-18(3)17-10)16-13(19)11-6-5-9(14-2)7-15-11/h5-8,14H,4H2,1-3H3,(H,16,19). The predicted octanol–water partition coefficient (Wildman–Crippen LogP) is 1.67. The van der Waals surface area contributed by atoms with Crippen LogP contribution in [0.5, 0.6) is 0 Å². The van der Waals surface area contributed by atoms with Gasteiger partial charge in [0.2, 0.25) is 0 Å². The van der Waals surface area contributed by atoms with Crippen molar-refractivity contribution in [3.63, 3.8) is 0 Å². The van der Waals surface area contributed by atoms with Gasteiger partial charge >= 0.3 is 0 Å². The highest BCUT2D eigenvalue weighted by molar-refractivity contribution is 6.03. The van der Waals surface area contributed by atoms with Gasteiger partial charge in [-0.1, -0.05) is 6.92 Å². The minimum atomic E-state index is -0.231. The van der Waals surface area contributed by atoms with Crippen LogP contribution in [0, 0.1) is 0 Å². The second-order valence-corrected chi connectivity index (χ2v) is 4.15. The summed E-state index contributed by atoms with van der Waals surface area (Å²) in [7, 11) is 3.63. The molecular formula is C13H17N5O. The number of hydrogen-bond donors (Lipinski definition) is 2. The molecule has 19 heavy (non-hydrogen) atoms. The Kier molecular flexibility index (Phi) is 3.79. The summed E-state index contributed by atoms with van der Waals surface area (Å²) in [5.74, 6) is -0.231. The van der Waals surface area contributed by atoms with Crippen molar-refractivity contribution in [1.82, 2.24) is 14.8 Å². The van der Waals surface area contributed by atoms with Gasteiger partial charge < -0.3 is 10.6 Å². The summed E-state index contributed by atoms with van der Waals surface area (Å²) in [6.45, 7) is 2.00. The summed E-state index contributed by atoms with van der Waals surface area (Å²) >= 11 is 0. The van der Waals surface area contributed by atoms with Gasteiger partial charge in [0.05, 0.1) is 23.3 Å². The first-order valence-electron chi connectivity index (χ1n) is 6.11. The molecule has 6 nitrogen and oxygen atoms in total. The molecule has 2 N–H and O–H groups in total. The number of anilines is 2. The summed E-state index contributed by atoms with van der Waals surface area (Å²) in [6.07, 6.45) is 4.18. The van der Waals surface area contributed by atoms with Gasteiger partial charge in [0, 0.05) is 20.3 Å². The van der Waals surface area contributed by atoms with Crippen LogP contribution in [-0.2, 0) is 13.5 Å². The SMILES string of the molecule is CCc1nn(C)cc1NC(=O)c1ccc(NC)cn1. The Hall–Kier alpha value is -2.37. The molecule has 0 aromatic carbocycles. The molecular weight excluding hydrogens is 242 g/mol. The van der Waals surface area contributed by atoms with E-state index in [1.54, 1.807) is 30.2 Å². The van der Waals surface area contributed by atoms with E-state index in [1.165, 1.54) is 0 Å². The highest BCUT2D eigenvalue weighted by Crippen LogP contribution is 2.15. The van der Waals surface area contributed by atoms with E-state index in [-0.39, 0.29) is 5.91 Å². The quantitative estimate of drug-likeness (QED) is 0.876. The fourth-order valence-electron chi connectivity index (χ4n) is 1.76. The van der Waals surface area contributed by atoms with Gasteiger partial charge in [-0.3, -0.25) is 9.48 Å². The maximum absolute atomic E-state index is 12.1. The maximum Gasteiger partial charge on any atom is 0.274 e. The predicted molar refractivity (Wildman–Crippen MR) is 74.3 cm³/mol. The topological polar surface area (TPSA) is 71.8 Å². The van der Waals surface area contributed by atoms with E-state index < -0.39 is 0 Å². The molecule has 2 heterocycles. The summed E-state index contributed by atoms with van der Waals surface area (Å²) < 4.78 is 1.69. The molecule has 1 amide bonds. The normalized spacial score (nSPS) is 10.3. The van der Waals surface area contributed by atoms with E-state index in [0.29, 0.717) is 5.69 Å². The van der Waals surface area contributed by atoms with Crippen molar-refractivity contribution in [2.75, 3.05) is 17.7 Å². The zero-order valence-electron chi connectivity index (χ0n) is 11.3. The molecule has 0 spiro atoms. The van der Waals surface area contributed by atoms with Crippen molar-refractivity contribution in [1.29, 1.82) is 0 Å². The first-order chi connectivity index (χ1) is 9.13. The van der Waals surface area contributed by atoms with Gasteiger partial charge in [-0.2, -0.15) is 5.10 Å². The number of hydrogen-bond acceptors (Lipinski definition) is 4. The molecule has 2 rings (SSSR count). The lowest BCUT2D eigenvalue weighted by atomic mass is 10.2. The third-order valence-corrected chi connectivity index (χ3v) is 2.77. The lowest BCUT2D eigenvalue weighted by Gasteiger charge is -2.04. The summed E-state index contributed by atoms with van der Waals surface area (Å²) in [6, 6.07) is 3.50. The Bertz CT molecular complexity index is 573. The molecule has 0 aliphatic carbocycles. The van der Waals surface area contributed by atoms with Crippen LogP contribution in [0.15, 0.2) is 24.5 Å². The Morgan fingerprint density at radius 2 is 2.21 bits per heavy atom. The third-order valence-electron chi connectivity index (χ3n) is 2.77. The smallest absolute Gasteiger partial charge is 0.274 e.